The van der Waals surface area contributed by atoms with Crippen molar-refractivity contribution in [2.45, 2.75) is 0 Å². The van der Waals surface area contributed by atoms with Gasteiger partial charge in [-0.15, -0.1) is 0 Å². The summed E-state index contributed by atoms with van der Waals surface area (Å²) >= 11 is 0. The number of carboxylic acid groups (broad SMARTS) is 1. The van der Waals surface area contributed by atoms with Crippen LogP contribution in [0, 0.1) is 21.4 Å². The van der Waals surface area contributed by atoms with E-state index in [9.17, 15) is 20.0 Å². The quantitative estimate of drug-likeness (QED) is 0.302. The van der Waals surface area contributed by atoms with E-state index in [0.29, 0.717) is 0 Å². The number of nitro groups is 1. The van der Waals surface area contributed by atoms with Gasteiger partial charge >= 0.3 is 51.4 Å². The van der Waals surface area contributed by atoms with Crippen LogP contribution in [0.25, 0.3) is 0 Å². The molecule has 0 aromatic heterocycles. The molecule has 0 aliphatic carbocycles. The molecule has 1 rings (SSSR count). The third-order valence-corrected chi connectivity index (χ3v) is 1.55. The number of carbonyl (C=O) groups is 1. The van der Waals surface area contributed by atoms with E-state index in [0.717, 1.165) is 18.2 Å². The van der Waals surface area contributed by atoms with Crippen molar-refractivity contribution in [2.75, 3.05) is 0 Å². The largest absolute Gasteiger partial charge is 1.00 e. The summed E-state index contributed by atoms with van der Waals surface area (Å²) in [7, 11) is 0. The summed E-state index contributed by atoms with van der Waals surface area (Å²) < 4.78 is 0. The van der Waals surface area contributed by atoms with Crippen LogP contribution in [-0.4, -0.2) is 10.9 Å². The number of carbonyl (C=O) groups excluding carboxylic acids is 1. The van der Waals surface area contributed by atoms with E-state index in [1.165, 1.54) is 0 Å². The Morgan fingerprint density at radius 3 is 2.47 bits per heavy atom. The van der Waals surface area contributed by atoms with Crippen LogP contribution in [0.4, 0.5) is 5.69 Å². The molecule has 7 heteroatoms. The molecule has 70 valence electrons. The number of rotatable bonds is 2. The van der Waals surface area contributed by atoms with E-state index in [1.807, 2.05) is 0 Å². The van der Waals surface area contributed by atoms with Gasteiger partial charge in [-0.1, -0.05) is 6.07 Å². The van der Waals surface area contributed by atoms with Crippen molar-refractivity contribution < 1.29 is 66.2 Å². The van der Waals surface area contributed by atoms with Crippen LogP contribution in [0.2, 0.25) is 0 Å². The summed E-state index contributed by atoms with van der Waals surface area (Å²) in [5.41, 5.74) is -1.04. The molecule has 0 saturated carbocycles. The molecule has 0 aliphatic heterocycles. The van der Waals surface area contributed by atoms with Crippen LogP contribution in [0.5, 0.6) is 0 Å². The van der Waals surface area contributed by atoms with Gasteiger partial charge in [0, 0.05) is 11.6 Å². The first kappa shape index (κ1) is 14.2. The van der Waals surface area contributed by atoms with Crippen LogP contribution >= 0.6 is 0 Å². The van der Waals surface area contributed by atoms with Crippen LogP contribution in [0.15, 0.2) is 18.2 Å². The third kappa shape index (κ3) is 3.37. The van der Waals surface area contributed by atoms with Gasteiger partial charge in [-0.25, -0.2) is 0 Å². The van der Waals surface area contributed by atoms with Crippen molar-refractivity contribution in [2.24, 2.45) is 0 Å². The summed E-state index contributed by atoms with van der Waals surface area (Å²) in [6.07, 6.45) is 0. The van der Waals surface area contributed by atoms with Gasteiger partial charge in [-0.3, -0.25) is 10.1 Å². The second kappa shape index (κ2) is 5.94. The Balaban J connectivity index is 0.00000196. The van der Waals surface area contributed by atoms with Crippen LogP contribution in [0.3, 0.4) is 0 Å². The molecule has 0 fully saturated rings. The zero-order valence-corrected chi connectivity index (χ0v) is 10.9. The standard InChI is InChI=1S/C8H4N2O4.K/c9-4-6-2-1-5(8(11)12)3-7(6)10(13)14;/h1-3H,(H,11,12);/q;+1/p-1. The number of nitro benzene ring substituents is 1. The monoisotopic (exact) mass is 230 g/mol. The van der Waals surface area contributed by atoms with Crippen LogP contribution < -0.4 is 56.5 Å². The molecule has 0 radical (unpaired) electrons. The normalized spacial score (nSPS) is 8.47. The first-order valence-corrected chi connectivity index (χ1v) is 3.46. The van der Waals surface area contributed by atoms with Crippen molar-refractivity contribution in [3.8, 4) is 6.07 Å². The van der Waals surface area contributed by atoms with Crippen LogP contribution in [-0.2, 0) is 0 Å². The molecule has 0 aliphatic rings. The maximum absolute atomic E-state index is 10.4. The molecule has 1 aromatic rings. The Hall–Kier alpha value is -0.784. The van der Waals surface area contributed by atoms with Crippen molar-refractivity contribution >= 4 is 11.7 Å². The molecule has 0 saturated heterocycles. The molecule has 0 spiro atoms. The van der Waals surface area contributed by atoms with Gasteiger partial charge in [0.05, 0.1) is 10.9 Å². The summed E-state index contributed by atoms with van der Waals surface area (Å²) in [5.74, 6) is -1.52. The number of nitriles is 1. The Kier molecular flexibility index (Phi) is 5.63. The van der Waals surface area contributed by atoms with Gasteiger partial charge in [0.1, 0.15) is 11.6 Å². The van der Waals surface area contributed by atoms with Crippen LogP contribution in [0.1, 0.15) is 15.9 Å². The minimum atomic E-state index is -1.52. The predicted molar refractivity (Wildman–Crippen MR) is 42.1 cm³/mol. The summed E-state index contributed by atoms with van der Waals surface area (Å²) in [5, 5.41) is 29.2. The number of benzene rings is 1. The number of carboxylic acids is 1. The van der Waals surface area contributed by atoms with E-state index in [4.69, 9.17) is 5.26 Å². The van der Waals surface area contributed by atoms with Crippen molar-refractivity contribution in [3.05, 3.63) is 39.4 Å². The molecule has 15 heavy (non-hydrogen) atoms. The van der Waals surface area contributed by atoms with Crippen molar-refractivity contribution in [1.82, 2.24) is 0 Å². The van der Waals surface area contributed by atoms with Crippen molar-refractivity contribution in [1.29, 1.82) is 5.26 Å². The van der Waals surface area contributed by atoms with E-state index < -0.39 is 16.6 Å². The van der Waals surface area contributed by atoms with E-state index in [2.05, 4.69) is 0 Å². The molecular formula is C8H3KN2O4. The fourth-order valence-electron chi connectivity index (χ4n) is 0.904. The van der Waals surface area contributed by atoms with Gasteiger partial charge in [0.15, 0.2) is 0 Å². The molecule has 0 heterocycles. The summed E-state index contributed by atoms with van der Waals surface area (Å²) in [4.78, 5) is 19.9. The summed E-state index contributed by atoms with van der Waals surface area (Å²) in [6.45, 7) is 0. The first-order valence-electron chi connectivity index (χ1n) is 3.46. The van der Waals surface area contributed by atoms with Gasteiger partial charge < -0.3 is 9.90 Å². The molecule has 0 unspecified atom stereocenters. The van der Waals surface area contributed by atoms with E-state index in [-0.39, 0.29) is 62.5 Å². The topological polar surface area (TPSA) is 107 Å². The van der Waals surface area contributed by atoms with Crippen molar-refractivity contribution in [3.63, 3.8) is 0 Å². The number of hydrogen-bond acceptors (Lipinski definition) is 5. The maximum Gasteiger partial charge on any atom is 1.00 e. The second-order valence-corrected chi connectivity index (χ2v) is 2.39. The predicted octanol–water partition coefficient (Wildman–Crippen LogP) is -3.17. The fraction of sp³-hybridized carbons (Fsp3) is 0. The van der Waals surface area contributed by atoms with Gasteiger partial charge in [0.25, 0.3) is 5.69 Å². The molecule has 0 amide bonds. The van der Waals surface area contributed by atoms with Gasteiger partial charge in [-0.2, -0.15) is 5.26 Å². The zero-order chi connectivity index (χ0) is 10.7. The summed E-state index contributed by atoms with van der Waals surface area (Å²) in [6, 6.07) is 4.54. The Morgan fingerprint density at radius 1 is 1.47 bits per heavy atom. The average Bonchev–Trinajstić information content (AvgIpc) is 2.16. The third-order valence-electron chi connectivity index (χ3n) is 1.55. The number of nitrogens with zero attached hydrogens (tertiary/aromatic N) is 2. The Labute approximate surface area is 127 Å². The van der Waals surface area contributed by atoms with E-state index in [1.54, 1.807) is 6.07 Å². The molecular weight excluding hydrogens is 227 g/mol. The molecule has 6 nitrogen and oxygen atoms in total. The number of aromatic carboxylic acids is 1. The maximum atomic E-state index is 10.4. The van der Waals surface area contributed by atoms with E-state index >= 15 is 0 Å². The Bertz CT molecular complexity index is 452. The minimum Gasteiger partial charge on any atom is -0.545 e. The smallest absolute Gasteiger partial charge is 0.545 e. The molecule has 0 atom stereocenters. The first-order chi connectivity index (χ1) is 6.56. The zero-order valence-electron chi connectivity index (χ0n) is 7.76. The average molecular weight is 230 g/mol. The van der Waals surface area contributed by atoms with Gasteiger partial charge in [0.2, 0.25) is 0 Å². The molecule has 1 aromatic carbocycles. The number of hydrogen-bond donors (Lipinski definition) is 0. The molecule has 0 bridgehead atoms. The molecule has 0 N–H and O–H groups in total. The SMILES string of the molecule is N#Cc1ccc(C(=O)[O-])cc1[N+](=O)[O-].[K+]. The second-order valence-electron chi connectivity index (χ2n) is 2.39. The fourth-order valence-corrected chi connectivity index (χ4v) is 0.904. The van der Waals surface area contributed by atoms with Gasteiger partial charge in [-0.05, 0) is 6.07 Å². The minimum absolute atomic E-state index is 0. The Morgan fingerprint density at radius 2 is 2.07 bits per heavy atom.